The van der Waals surface area contributed by atoms with Crippen molar-refractivity contribution in [3.05, 3.63) is 0 Å². The molecule has 0 atom stereocenters. The van der Waals surface area contributed by atoms with E-state index in [0.717, 1.165) is 13.1 Å². The van der Waals surface area contributed by atoms with Gasteiger partial charge in [0.15, 0.2) is 5.96 Å². The third kappa shape index (κ3) is 10.9. The van der Waals surface area contributed by atoms with Gasteiger partial charge in [0.25, 0.3) is 0 Å². The van der Waals surface area contributed by atoms with E-state index in [0.29, 0.717) is 44.2 Å². The fraction of sp³-hybridized carbons (Fsp3) is 0.941. The van der Waals surface area contributed by atoms with Gasteiger partial charge in [0.1, 0.15) is 0 Å². The molecular formula is C17H40IN5O2S. The van der Waals surface area contributed by atoms with Gasteiger partial charge in [-0.05, 0) is 34.6 Å². The molecular weight excluding hydrogens is 465 g/mol. The van der Waals surface area contributed by atoms with Crippen molar-refractivity contribution in [1.29, 1.82) is 0 Å². The molecule has 0 aliphatic rings. The van der Waals surface area contributed by atoms with E-state index in [-0.39, 0.29) is 29.7 Å². The van der Waals surface area contributed by atoms with Gasteiger partial charge in [0.05, 0.1) is 12.3 Å². The summed E-state index contributed by atoms with van der Waals surface area (Å²) in [6.07, 6.45) is 0. The van der Waals surface area contributed by atoms with Gasteiger partial charge >= 0.3 is 0 Å². The first-order chi connectivity index (χ1) is 11.7. The molecule has 26 heavy (non-hydrogen) atoms. The van der Waals surface area contributed by atoms with Crippen molar-refractivity contribution < 1.29 is 8.42 Å². The summed E-state index contributed by atoms with van der Waals surface area (Å²) in [6.45, 7) is 18.1. The van der Waals surface area contributed by atoms with Crippen LogP contribution >= 0.6 is 24.0 Å². The number of nitrogens with zero attached hydrogens (tertiary/aromatic N) is 3. The first-order valence-electron chi connectivity index (χ1n) is 9.45. The van der Waals surface area contributed by atoms with Gasteiger partial charge in [0.2, 0.25) is 10.0 Å². The lowest BCUT2D eigenvalue weighted by molar-refractivity contribution is 0.181. The maximum atomic E-state index is 12.2. The Morgan fingerprint density at radius 1 is 1.00 bits per heavy atom. The maximum absolute atomic E-state index is 12.2. The number of aliphatic imine (C=N–C) groups is 1. The van der Waals surface area contributed by atoms with Crippen LogP contribution in [-0.4, -0.2) is 80.7 Å². The summed E-state index contributed by atoms with van der Waals surface area (Å²) in [5.41, 5.74) is 0. The molecule has 0 aliphatic heterocycles. The predicted octanol–water partition coefficient (Wildman–Crippen LogP) is 1.95. The summed E-state index contributed by atoms with van der Waals surface area (Å²) in [4.78, 5) is 6.95. The van der Waals surface area contributed by atoms with Crippen LogP contribution in [0.1, 0.15) is 48.5 Å². The molecule has 0 saturated heterocycles. The van der Waals surface area contributed by atoms with Crippen LogP contribution in [0.2, 0.25) is 0 Å². The summed E-state index contributed by atoms with van der Waals surface area (Å²) in [5, 5.41) is 6.30. The highest BCUT2D eigenvalue weighted by molar-refractivity contribution is 14.0. The normalized spacial score (nSPS) is 12.8. The SMILES string of the molecule is CCNC(=NCCN(C(C)C)C(C)C)NCCS(=O)(=O)N(CC)CC.I. The monoisotopic (exact) mass is 505 g/mol. The average Bonchev–Trinajstić information content (AvgIpc) is 2.51. The van der Waals surface area contributed by atoms with E-state index in [1.165, 1.54) is 4.31 Å². The Kier molecular flexibility index (Phi) is 16.1. The summed E-state index contributed by atoms with van der Waals surface area (Å²) in [6, 6.07) is 0.954. The molecule has 0 aromatic heterocycles. The molecule has 0 heterocycles. The smallest absolute Gasteiger partial charge is 0.215 e. The Bertz CT molecular complexity index is 472. The van der Waals surface area contributed by atoms with Crippen LogP contribution in [-0.2, 0) is 10.0 Å². The number of rotatable bonds is 12. The molecule has 0 unspecified atom stereocenters. The zero-order chi connectivity index (χ0) is 19.5. The van der Waals surface area contributed by atoms with Crippen molar-refractivity contribution in [3.63, 3.8) is 0 Å². The fourth-order valence-electron chi connectivity index (χ4n) is 2.78. The van der Waals surface area contributed by atoms with Crippen LogP contribution < -0.4 is 10.6 Å². The lowest BCUT2D eigenvalue weighted by Gasteiger charge is -2.29. The van der Waals surface area contributed by atoms with Gasteiger partial charge in [-0.3, -0.25) is 9.89 Å². The highest BCUT2D eigenvalue weighted by atomic mass is 127. The molecule has 158 valence electrons. The van der Waals surface area contributed by atoms with E-state index in [2.05, 4.69) is 48.2 Å². The second-order valence-electron chi connectivity index (χ2n) is 6.51. The van der Waals surface area contributed by atoms with Crippen molar-refractivity contribution in [2.24, 2.45) is 4.99 Å². The van der Waals surface area contributed by atoms with E-state index >= 15 is 0 Å². The predicted molar refractivity (Wildman–Crippen MR) is 123 cm³/mol. The van der Waals surface area contributed by atoms with Gasteiger partial charge in [-0.15, -0.1) is 24.0 Å². The fourth-order valence-corrected chi connectivity index (χ4v) is 4.18. The molecule has 0 radical (unpaired) electrons. The molecule has 0 bridgehead atoms. The van der Waals surface area contributed by atoms with Crippen LogP contribution in [0, 0.1) is 0 Å². The number of guanidine groups is 1. The van der Waals surface area contributed by atoms with Crippen molar-refractivity contribution in [2.45, 2.75) is 60.5 Å². The largest absolute Gasteiger partial charge is 0.357 e. The van der Waals surface area contributed by atoms with Crippen molar-refractivity contribution in [1.82, 2.24) is 19.8 Å². The van der Waals surface area contributed by atoms with Crippen LogP contribution in [0.5, 0.6) is 0 Å². The second kappa shape index (κ2) is 14.9. The third-order valence-electron chi connectivity index (χ3n) is 4.05. The topological polar surface area (TPSA) is 77.0 Å². The highest BCUT2D eigenvalue weighted by Gasteiger charge is 2.18. The first kappa shape index (κ1) is 28.1. The zero-order valence-electron chi connectivity index (χ0n) is 17.6. The Morgan fingerprint density at radius 3 is 1.96 bits per heavy atom. The number of sulfonamides is 1. The summed E-state index contributed by atoms with van der Waals surface area (Å²) in [7, 11) is -3.21. The summed E-state index contributed by atoms with van der Waals surface area (Å²) < 4.78 is 25.9. The van der Waals surface area contributed by atoms with Crippen LogP contribution in [0.3, 0.4) is 0 Å². The van der Waals surface area contributed by atoms with E-state index in [4.69, 9.17) is 0 Å². The standard InChI is InChI=1S/C17H39N5O2S.HI/c1-8-18-17(19-11-13-22(15(4)5)16(6)7)20-12-14-25(23,24)21(9-2)10-3;/h15-16H,8-14H2,1-7H3,(H2,18,19,20);1H. The number of hydrogen-bond acceptors (Lipinski definition) is 4. The molecule has 0 rings (SSSR count). The molecule has 0 fully saturated rings. The third-order valence-corrected chi connectivity index (χ3v) is 6.07. The highest BCUT2D eigenvalue weighted by Crippen LogP contribution is 2.04. The zero-order valence-corrected chi connectivity index (χ0v) is 20.7. The van der Waals surface area contributed by atoms with Gasteiger partial charge in [-0.2, -0.15) is 0 Å². The Morgan fingerprint density at radius 2 is 1.54 bits per heavy atom. The quantitative estimate of drug-likeness (QED) is 0.241. The van der Waals surface area contributed by atoms with E-state index in [1.807, 2.05) is 20.8 Å². The van der Waals surface area contributed by atoms with Crippen LogP contribution in [0.15, 0.2) is 4.99 Å². The molecule has 9 heteroatoms. The minimum absolute atomic E-state index is 0. The number of halogens is 1. The number of hydrogen-bond donors (Lipinski definition) is 2. The molecule has 2 N–H and O–H groups in total. The van der Waals surface area contributed by atoms with Gasteiger partial charge in [0, 0.05) is 44.8 Å². The second-order valence-corrected chi connectivity index (χ2v) is 8.60. The van der Waals surface area contributed by atoms with E-state index < -0.39 is 10.0 Å². The average molecular weight is 506 g/mol. The van der Waals surface area contributed by atoms with Crippen molar-refractivity contribution >= 4 is 40.0 Å². The summed E-state index contributed by atoms with van der Waals surface area (Å²) >= 11 is 0. The maximum Gasteiger partial charge on any atom is 0.215 e. The van der Waals surface area contributed by atoms with Crippen LogP contribution in [0.25, 0.3) is 0 Å². The van der Waals surface area contributed by atoms with Gasteiger partial charge in [-0.25, -0.2) is 12.7 Å². The van der Waals surface area contributed by atoms with Gasteiger partial charge < -0.3 is 10.6 Å². The van der Waals surface area contributed by atoms with Crippen molar-refractivity contribution in [3.8, 4) is 0 Å². The Hall–Kier alpha value is -0.130. The molecule has 7 nitrogen and oxygen atoms in total. The lowest BCUT2D eigenvalue weighted by atomic mass is 10.2. The van der Waals surface area contributed by atoms with Gasteiger partial charge in [-0.1, -0.05) is 13.8 Å². The van der Waals surface area contributed by atoms with Crippen molar-refractivity contribution in [2.75, 3.05) is 45.0 Å². The Balaban J connectivity index is 0. The molecule has 0 aliphatic carbocycles. The molecule has 0 amide bonds. The number of nitrogens with one attached hydrogen (secondary N) is 2. The van der Waals surface area contributed by atoms with E-state index in [1.54, 1.807) is 0 Å². The summed E-state index contributed by atoms with van der Waals surface area (Å²) in [5.74, 6) is 0.744. The molecule has 0 spiro atoms. The molecule has 0 aromatic carbocycles. The van der Waals surface area contributed by atoms with Crippen LogP contribution in [0.4, 0.5) is 0 Å². The molecule has 0 saturated carbocycles. The minimum atomic E-state index is -3.21. The lowest BCUT2D eigenvalue weighted by Crippen LogP contribution is -2.43. The van der Waals surface area contributed by atoms with E-state index in [9.17, 15) is 8.42 Å². The molecule has 0 aromatic rings. The minimum Gasteiger partial charge on any atom is -0.357 e. The Labute approximate surface area is 178 Å². The first-order valence-corrected chi connectivity index (χ1v) is 11.1.